The summed E-state index contributed by atoms with van der Waals surface area (Å²) in [5, 5.41) is 4.11. The predicted octanol–water partition coefficient (Wildman–Crippen LogP) is 4.01. The highest BCUT2D eigenvalue weighted by molar-refractivity contribution is 6.31. The molecule has 0 radical (unpaired) electrons. The third-order valence-corrected chi connectivity index (χ3v) is 5.64. The summed E-state index contributed by atoms with van der Waals surface area (Å²) in [6.07, 6.45) is 10.2. The first-order valence-corrected chi connectivity index (χ1v) is 8.70. The highest BCUT2D eigenvalue weighted by atomic mass is 35.5. The minimum atomic E-state index is 0.662. The number of halogens is 1. The zero-order valence-corrected chi connectivity index (χ0v) is 13.8. The molecule has 1 aliphatic carbocycles. The molecule has 2 aliphatic rings. The third-order valence-electron chi connectivity index (χ3n) is 5.30. The van der Waals surface area contributed by atoms with Crippen LogP contribution in [-0.2, 0) is 6.54 Å². The van der Waals surface area contributed by atoms with E-state index < -0.39 is 0 Å². The predicted molar refractivity (Wildman–Crippen MR) is 89.0 cm³/mol. The van der Waals surface area contributed by atoms with Crippen molar-refractivity contribution < 1.29 is 0 Å². The van der Waals surface area contributed by atoms with Crippen LogP contribution >= 0.6 is 11.6 Å². The van der Waals surface area contributed by atoms with Gasteiger partial charge in [-0.15, -0.1) is 0 Å². The lowest BCUT2D eigenvalue weighted by atomic mass is 9.77. The lowest BCUT2D eigenvalue weighted by molar-refractivity contribution is 0.226. The van der Waals surface area contributed by atoms with E-state index in [0.717, 1.165) is 42.6 Å². The van der Waals surface area contributed by atoms with Gasteiger partial charge in [-0.25, -0.2) is 4.98 Å². The average Bonchev–Trinajstić information content (AvgIpc) is 2.96. The van der Waals surface area contributed by atoms with Gasteiger partial charge in [-0.1, -0.05) is 31.4 Å². The summed E-state index contributed by atoms with van der Waals surface area (Å²) in [5.74, 6) is 1.10. The van der Waals surface area contributed by atoms with Gasteiger partial charge in [0.05, 0.1) is 5.02 Å². The Morgan fingerprint density at radius 3 is 2.62 bits per heavy atom. The molecule has 4 heteroatoms. The summed E-state index contributed by atoms with van der Waals surface area (Å²) in [4.78, 5) is 6.99. The molecule has 3 nitrogen and oxygen atoms in total. The van der Waals surface area contributed by atoms with Gasteiger partial charge in [-0.05, 0) is 49.3 Å². The molecule has 1 aliphatic heterocycles. The van der Waals surface area contributed by atoms with Gasteiger partial charge < -0.3 is 10.2 Å². The normalized spacial score (nSPS) is 21.1. The van der Waals surface area contributed by atoms with E-state index in [4.69, 9.17) is 11.6 Å². The van der Waals surface area contributed by atoms with Crippen LogP contribution in [0.5, 0.6) is 0 Å². The highest BCUT2D eigenvalue weighted by Gasteiger charge is 2.37. The maximum atomic E-state index is 6.25. The van der Waals surface area contributed by atoms with E-state index in [2.05, 4.69) is 28.2 Å². The Labute approximate surface area is 133 Å². The maximum absolute atomic E-state index is 6.25. The Kier molecular flexibility index (Phi) is 4.70. The lowest BCUT2D eigenvalue weighted by Gasteiger charge is -2.40. The summed E-state index contributed by atoms with van der Waals surface area (Å²) >= 11 is 6.25. The maximum Gasteiger partial charge on any atom is 0.128 e. The Morgan fingerprint density at radius 1 is 1.24 bits per heavy atom. The standard InChI is InChI=1S/C17H26ClN3/c1-2-19-12-14-11-16(20-13-15(14)18)21-9-7-17(8-10-21)5-3-4-6-17/h11,13,19H,2-10,12H2,1H3. The van der Waals surface area contributed by atoms with Crippen LogP contribution in [0.15, 0.2) is 12.3 Å². The first-order chi connectivity index (χ1) is 10.2. The molecular weight excluding hydrogens is 282 g/mol. The molecule has 1 aromatic rings. The number of hydrogen-bond acceptors (Lipinski definition) is 3. The van der Waals surface area contributed by atoms with Crippen LogP contribution < -0.4 is 10.2 Å². The fourth-order valence-electron chi connectivity index (χ4n) is 3.87. The number of aromatic nitrogens is 1. The average molecular weight is 308 g/mol. The monoisotopic (exact) mass is 307 g/mol. The quantitative estimate of drug-likeness (QED) is 0.911. The molecule has 0 bridgehead atoms. The van der Waals surface area contributed by atoms with E-state index in [1.807, 2.05) is 6.20 Å². The van der Waals surface area contributed by atoms with E-state index >= 15 is 0 Å². The van der Waals surface area contributed by atoms with Gasteiger partial charge in [0.25, 0.3) is 0 Å². The summed E-state index contributed by atoms with van der Waals surface area (Å²) in [7, 11) is 0. The molecule has 1 saturated heterocycles. The van der Waals surface area contributed by atoms with Crippen molar-refractivity contribution >= 4 is 17.4 Å². The van der Waals surface area contributed by atoms with Crippen LogP contribution in [0.25, 0.3) is 0 Å². The van der Waals surface area contributed by atoms with Crippen LogP contribution in [0.1, 0.15) is 51.0 Å². The van der Waals surface area contributed by atoms with Crippen LogP contribution in [0.2, 0.25) is 5.02 Å². The summed E-state index contributed by atoms with van der Waals surface area (Å²) in [6, 6.07) is 2.16. The van der Waals surface area contributed by atoms with Gasteiger partial charge >= 0.3 is 0 Å². The minimum absolute atomic E-state index is 0.662. The molecule has 116 valence electrons. The zero-order valence-electron chi connectivity index (χ0n) is 13.0. The summed E-state index contributed by atoms with van der Waals surface area (Å²) in [6.45, 7) is 6.19. The van der Waals surface area contributed by atoms with Crippen molar-refractivity contribution in [3.05, 3.63) is 22.8 Å². The van der Waals surface area contributed by atoms with Crippen LogP contribution in [0, 0.1) is 5.41 Å². The van der Waals surface area contributed by atoms with E-state index in [1.54, 1.807) is 0 Å². The molecule has 0 atom stereocenters. The second kappa shape index (κ2) is 6.53. The molecule has 0 amide bonds. The largest absolute Gasteiger partial charge is 0.357 e. The first-order valence-electron chi connectivity index (χ1n) is 8.32. The second-order valence-electron chi connectivity index (χ2n) is 6.61. The van der Waals surface area contributed by atoms with Crippen molar-refractivity contribution in [1.29, 1.82) is 0 Å². The van der Waals surface area contributed by atoms with Gasteiger partial charge in [-0.2, -0.15) is 0 Å². The Morgan fingerprint density at radius 2 is 1.95 bits per heavy atom. The molecule has 0 aromatic carbocycles. The molecule has 1 spiro atoms. The number of nitrogens with zero attached hydrogens (tertiary/aromatic N) is 2. The van der Waals surface area contributed by atoms with Crippen molar-refractivity contribution in [2.24, 2.45) is 5.41 Å². The van der Waals surface area contributed by atoms with E-state index in [0.29, 0.717) is 5.41 Å². The van der Waals surface area contributed by atoms with Crippen molar-refractivity contribution in [1.82, 2.24) is 10.3 Å². The van der Waals surface area contributed by atoms with E-state index in [1.165, 1.54) is 38.5 Å². The summed E-state index contributed by atoms with van der Waals surface area (Å²) in [5.41, 5.74) is 1.82. The van der Waals surface area contributed by atoms with Crippen LogP contribution in [0.3, 0.4) is 0 Å². The molecule has 1 saturated carbocycles. The fraction of sp³-hybridized carbons (Fsp3) is 0.706. The van der Waals surface area contributed by atoms with Crippen molar-refractivity contribution in [2.45, 2.75) is 52.0 Å². The fourth-order valence-corrected chi connectivity index (χ4v) is 4.04. The van der Waals surface area contributed by atoms with Crippen molar-refractivity contribution in [3.63, 3.8) is 0 Å². The van der Waals surface area contributed by atoms with Gasteiger partial charge in [0.2, 0.25) is 0 Å². The minimum Gasteiger partial charge on any atom is -0.357 e. The third kappa shape index (κ3) is 3.35. The first kappa shape index (κ1) is 15.1. The van der Waals surface area contributed by atoms with Crippen molar-refractivity contribution in [3.8, 4) is 0 Å². The molecule has 1 aromatic heterocycles. The second-order valence-corrected chi connectivity index (χ2v) is 7.02. The lowest BCUT2D eigenvalue weighted by Crippen LogP contribution is -2.39. The number of piperidine rings is 1. The Bertz CT molecular complexity index is 473. The number of rotatable bonds is 4. The molecule has 2 fully saturated rings. The van der Waals surface area contributed by atoms with Gasteiger partial charge in [-0.3, -0.25) is 0 Å². The number of hydrogen-bond donors (Lipinski definition) is 1. The topological polar surface area (TPSA) is 28.2 Å². The Hall–Kier alpha value is -0.800. The molecule has 0 unspecified atom stereocenters. The van der Waals surface area contributed by atoms with Crippen LogP contribution in [0.4, 0.5) is 5.82 Å². The van der Waals surface area contributed by atoms with Gasteiger partial charge in [0.15, 0.2) is 0 Å². The zero-order chi connectivity index (χ0) is 14.7. The van der Waals surface area contributed by atoms with E-state index in [9.17, 15) is 0 Å². The molecular formula is C17H26ClN3. The smallest absolute Gasteiger partial charge is 0.128 e. The number of pyridine rings is 1. The molecule has 3 rings (SSSR count). The van der Waals surface area contributed by atoms with Gasteiger partial charge in [0, 0.05) is 25.8 Å². The van der Waals surface area contributed by atoms with Crippen LogP contribution in [-0.4, -0.2) is 24.6 Å². The summed E-state index contributed by atoms with van der Waals surface area (Å²) < 4.78 is 0. The Balaban J connectivity index is 1.67. The van der Waals surface area contributed by atoms with Gasteiger partial charge in [0.1, 0.15) is 5.82 Å². The van der Waals surface area contributed by atoms with Crippen molar-refractivity contribution in [2.75, 3.05) is 24.5 Å². The SMILES string of the molecule is CCNCc1cc(N2CCC3(CCCC3)CC2)ncc1Cl. The molecule has 2 heterocycles. The van der Waals surface area contributed by atoms with E-state index in [-0.39, 0.29) is 0 Å². The number of anilines is 1. The number of nitrogens with one attached hydrogen (secondary N) is 1. The highest BCUT2D eigenvalue weighted by Crippen LogP contribution is 2.46. The molecule has 21 heavy (non-hydrogen) atoms. The molecule has 1 N–H and O–H groups in total.